The van der Waals surface area contributed by atoms with Crippen LogP contribution < -0.4 is 4.74 Å². The zero-order valence-corrected chi connectivity index (χ0v) is 14.1. The molecule has 0 unspecified atom stereocenters. The molecule has 0 radical (unpaired) electrons. The molecular formula is C20H22ClFO. The van der Waals surface area contributed by atoms with Gasteiger partial charge in [-0.1, -0.05) is 23.3 Å². The molecule has 122 valence electrons. The van der Waals surface area contributed by atoms with Gasteiger partial charge in [0.05, 0.1) is 11.1 Å². The Kier molecular flexibility index (Phi) is 4.19. The van der Waals surface area contributed by atoms with Crippen LogP contribution in [-0.2, 0) is 0 Å². The first-order valence-electron chi connectivity index (χ1n) is 8.78. The average Bonchev–Trinajstić information content (AvgIpc) is 3.18. The molecule has 4 rings (SSSR count). The van der Waals surface area contributed by atoms with E-state index in [4.69, 9.17) is 16.3 Å². The first-order chi connectivity index (χ1) is 11.2. The molecule has 0 aromatic heterocycles. The minimum atomic E-state index is -0.236. The fourth-order valence-corrected chi connectivity index (χ4v) is 4.28. The molecule has 1 aromatic rings. The number of hydrogen-bond donors (Lipinski definition) is 0. The van der Waals surface area contributed by atoms with E-state index in [9.17, 15) is 4.39 Å². The first kappa shape index (κ1) is 15.3. The lowest BCUT2D eigenvalue weighted by molar-refractivity contribution is 0.210. The van der Waals surface area contributed by atoms with Gasteiger partial charge in [-0.25, -0.2) is 4.39 Å². The van der Waals surface area contributed by atoms with Gasteiger partial charge in [-0.05, 0) is 81.1 Å². The van der Waals surface area contributed by atoms with E-state index < -0.39 is 0 Å². The van der Waals surface area contributed by atoms with Gasteiger partial charge >= 0.3 is 0 Å². The summed E-state index contributed by atoms with van der Waals surface area (Å²) >= 11 is 6.21. The molecule has 3 heteroatoms. The fourth-order valence-electron chi connectivity index (χ4n) is 4.08. The van der Waals surface area contributed by atoms with E-state index in [-0.39, 0.29) is 11.9 Å². The zero-order valence-electron chi connectivity index (χ0n) is 13.3. The van der Waals surface area contributed by atoms with Crippen molar-refractivity contribution in [2.45, 2.75) is 63.9 Å². The van der Waals surface area contributed by atoms with Gasteiger partial charge in [-0.15, -0.1) is 0 Å². The highest BCUT2D eigenvalue weighted by atomic mass is 35.5. The molecule has 23 heavy (non-hydrogen) atoms. The summed E-state index contributed by atoms with van der Waals surface area (Å²) in [6.45, 7) is 0. The van der Waals surface area contributed by atoms with Crippen molar-refractivity contribution in [2.75, 3.05) is 0 Å². The summed E-state index contributed by atoms with van der Waals surface area (Å²) in [6.07, 6.45) is 12.7. The van der Waals surface area contributed by atoms with Gasteiger partial charge in [0.15, 0.2) is 0 Å². The summed E-state index contributed by atoms with van der Waals surface area (Å²) in [5.74, 6) is 0.403. The molecule has 3 aliphatic rings. The predicted octanol–water partition coefficient (Wildman–Crippen LogP) is 6.46. The van der Waals surface area contributed by atoms with Crippen molar-refractivity contribution in [3.8, 4) is 5.75 Å². The monoisotopic (exact) mass is 332 g/mol. The van der Waals surface area contributed by atoms with Crippen LogP contribution in [0, 0.1) is 5.82 Å². The van der Waals surface area contributed by atoms with E-state index in [1.165, 1.54) is 42.9 Å². The SMILES string of the molecule is Fc1cc(Cl)c(OC2CCCC2)cc1C1=CC2=C(CCCC2)C1. The topological polar surface area (TPSA) is 9.23 Å². The molecule has 0 bridgehead atoms. The summed E-state index contributed by atoms with van der Waals surface area (Å²) in [6, 6.07) is 3.24. The quantitative estimate of drug-likeness (QED) is 0.617. The van der Waals surface area contributed by atoms with Gasteiger partial charge in [0.2, 0.25) is 0 Å². The summed E-state index contributed by atoms with van der Waals surface area (Å²) in [4.78, 5) is 0. The Labute approximate surface area is 142 Å². The highest BCUT2D eigenvalue weighted by Gasteiger charge is 2.24. The molecule has 0 heterocycles. The Morgan fingerprint density at radius 1 is 1.04 bits per heavy atom. The Balaban J connectivity index is 1.61. The Morgan fingerprint density at radius 2 is 1.83 bits per heavy atom. The molecule has 0 spiro atoms. The summed E-state index contributed by atoms with van der Waals surface area (Å²) in [5.41, 5.74) is 4.68. The highest BCUT2D eigenvalue weighted by Crippen LogP contribution is 2.42. The normalized spacial score (nSPS) is 21.6. The maximum absolute atomic E-state index is 14.5. The Hall–Kier alpha value is -1.28. The van der Waals surface area contributed by atoms with Gasteiger partial charge < -0.3 is 4.74 Å². The van der Waals surface area contributed by atoms with Crippen molar-refractivity contribution >= 4 is 17.2 Å². The van der Waals surface area contributed by atoms with Crippen LogP contribution in [0.5, 0.6) is 5.75 Å². The van der Waals surface area contributed by atoms with Crippen LogP contribution in [-0.4, -0.2) is 6.10 Å². The van der Waals surface area contributed by atoms with E-state index in [0.717, 1.165) is 37.7 Å². The second kappa shape index (κ2) is 6.32. The van der Waals surface area contributed by atoms with Crippen molar-refractivity contribution in [1.29, 1.82) is 0 Å². The summed E-state index contributed by atoms with van der Waals surface area (Å²) < 4.78 is 20.5. The number of benzene rings is 1. The third kappa shape index (κ3) is 3.06. The molecule has 0 N–H and O–H groups in total. The van der Waals surface area contributed by atoms with Crippen LogP contribution in [0.3, 0.4) is 0 Å². The fraction of sp³-hybridized carbons (Fsp3) is 0.500. The standard InChI is InChI=1S/C20H22ClFO/c21-18-12-19(22)17(11-20(18)23-16-7-3-4-8-16)15-9-13-5-1-2-6-14(13)10-15/h9,11-12,16H,1-8,10H2. The van der Waals surface area contributed by atoms with Crippen LogP contribution in [0.25, 0.3) is 5.57 Å². The second-order valence-corrected chi connectivity index (χ2v) is 7.38. The first-order valence-corrected chi connectivity index (χ1v) is 9.16. The third-order valence-electron chi connectivity index (χ3n) is 5.34. The van der Waals surface area contributed by atoms with Gasteiger partial charge in [0.1, 0.15) is 11.6 Å². The van der Waals surface area contributed by atoms with Crippen molar-refractivity contribution < 1.29 is 9.13 Å². The molecule has 3 aliphatic carbocycles. The number of hydrogen-bond acceptors (Lipinski definition) is 1. The zero-order chi connectivity index (χ0) is 15.8. The highest BCUT2D eigenvalue weighted by molar-refractivity contribution is 6.32. The van der Waals surface area contributed by atoms with Gasteiger partial charge in [0, 0.05) is 5.56 Å². The number of ether oxygens (including phenoxy) is 1. The van der Waals surface area contributed by atoms with Crippen molar-refractivity contribution in [3.63, 3.8) is 0 Å². The Bertz CT molecular complexity index is 683. The maximum atomic E-state index is 14.5. The Morgan fingerprint density at radius 3 is 2.61 bits per heavy atom. The molecule has 0 atom stereocenters. The van der Waals surface area contributed by atoms with Crippen molar-refractivity contribution in [1.82, 2.24) is 0 Å². The molecule has 1 fully saturated rings. The number of allylic oxidation sites excluding steroid dienone is 4. The van der Waals surface area contributed by atoms with E-state index >= 15 is 0 Å². The summed E-state index contributed by atoms with van der Waals surface area (Å²) in [7, 11) is 0. The largest absolute Gasteiger partial charge is 0.489 e. The van der Waals surface area contributed by atoms with Gasteiger partial charge in [-0.3, -0.25) is 0 Å². The maximum Gasteiger partial charge on any atom is 0.139 e. The molecule has 0 amide bonds. The number of halogens is 2. The minimum Gasteiger partial charge on any atom is -0.489 e. The molecular weight excluding hydrogens is 311 g/mol. The molecule has 1 aromatic carbocycles. The van der Waals surface area contributed by atoms with Crippen LogP contribution in [0.4, 0.5) is 4.39 Å². The van der Waals surface area contributed by atoms with E-state index in [2.05, 4.69) is 6.08 Å². The lowest BCUT2D eigenvalue weighted by Crippen LogP contribution is -2.11. The van der Waals surface area contributed by atoms with Gasteiger partial charge in [-0.2, -0.15) is 0 Å². The number of rotatable bonds is 3. The predicted molar refractivity (Wildman–Crippen MR) is 92.4 cm³/mol. The van der Waals surface area contributed by atoms with Crippen molar-refractivity contribution in [2.24, 2.45) is 0 Å². The molecule has 0 saturated heterocycles. The van der Waals surface area contributed by atoms with E-state index in [1.54, 1.807) is 0 Å². The average molecular weight is 333 g/mol. The van der Waals surface area contributed by atoms with E-state index in [0.29, 0.717) is 16.3 Å². The second-order valence-electron chi connectivity index (χ2n) is 6.97. The van der Waals surface area contributed by atoms with Crippen LogP contribution in [0.2, 0.25) is 5.02 Å². The molecule has 1 nitrogen and oxygen atoms in total. The van der Waals surface area contributed by atoms with E-state index in [1.807, 2.05) is 6.07 Å². The van der Waals surface area contributed by atoms with Gasteiger partial charge in [0.25, 0.3) is 0 Å². The lowest BCUT2D eigenvalue weighted by atomic mass is 9.93. The molecule has 0 aliphatic heterocycles. The minimum absolute atomic E-state index is 0.231. The van der Waals surface area contributed by atoms with Crippen LogP contribution >= 0.6 is 11.6 Å². The lowest BCUT2D eigenvalue weighted by Gasteiger charge is -2.16. The third-order valence-corrected chi connectivity index (χ3v) is 5.64. The summed E-state index contributed by atoms with van der Waals surface area (Å²) in [5, 5.41) is 0.384. The van der Waals surface area contributed by atoms with Crippen LogP contribution in [0.15, 0.2) is 29.4 Å². The van der Waals surface area contributed by atoms with Crippen molar-refractivity contribution in [3.05, 3.63) is 45.8 Å². The molecule has 1 saturated carbocycles. The smallest absolute Gasteiger partial charge is 0.139 e. The van der Waals surface area contributed by atoms with Crippen LogP contribution in [0.1, 0.15) is 63.4 Å².